The van der Waals surface area contributed by atoms with Gasteiger partial charge < -0.3 is 9.80 Å². The quantitative estimate of drug-likeness (QED) is 0.825. The van der Waals surface area contributed by atoms with Gasteiger partial charge in [0.25, 0.3) is 0 Å². The number of para-hydroxylation sites is 1. The lowest BCUT2D eigenvalue weighted by Crippen LogP contribution is -2.50. The normalized spacial score (nSPS) is 15.1. The molecule has 0 aromatic heterocycles. The van der Waals surface area contributed by atoms with E-state index in [0.717, 1.165) is 31.9 Å². The van der Waals surface area contributed by atoms with Crippen LogP contribution in [0.5, 0.6) is 0 Å². The summed E-state index contributed by atoms with van der Waals surface area (Å²) in [6.07, 6.45) is 0. The van der Waals surface area contributed by atoms with E-state index < -0.39 is 0 Å². The second-order valence-electron chi connectivity index (χ2n) is 6.96. The molecule has 0 unspecified atom stereocenters. The summed E-state index contributed by atoms with van der Waals surface area (Å²) in [5, 5.41) is 0. The second-order valence-corrected chi connectivity index (χ2v) is 6.96. The molecule has 1 saturated heterocycles. The second kappa shape index (κ2) is 8.37. The first-order valence-electron chi connectivity index (χ1n) is 9.49. The number of carbonyl (C=O) groups excluding carboxylic acids is 1. The summed E-state index contributed by atoms with van der Waals surface area (Å²) < 4.78 is 0. The van der Waals surface area contributed by atoms with Crippen molar-refractivity contribution in [2.45, 2.75) is 20.8 Å². The number of amides is 1. The standard InChI is InChI=1S/C22H29N3O/c1-4-25(20-10-6-5-7-11-20)22(26)17-23-13-15-24(16-14-23)21-12-8-9-18(2)19(21)3/h5-12H,4,13-17H2,1-3H3. The zero-order valence-corrected chi connectivity index (χ0v) is 16.1. The number of anilines is 2. The van der Waals surface area contributed by atoms with Crippen LogP contribution < -0.4 is 9.80 Å². The van der Waals surface area contributed by atoms with Gasteiger partial charge in [-0.15, -0.1) is 0 Å². The molecule has 0 atom stereocenters. The number of benzene rings is 2. The maximum Gasteiger partial charge on any atom is 0.241 e. The average Bonchev–Trinajstić information content (AvgIpc) is 2.66. The topological polar surface area (TPSA) is 26.8 Å². The van der Waals surface area contributed by atoms with Gasteiger partial charge in [-0.2, -0.15) is 0 Å². The van der Waals surface area contributed by atoms with Crippen LogP contribution in [0.15, 0.2) is 48.5 Å². The van der Waals surface area contributed by atoms with Gasteiger partial charge in [0, 0.05) is 44.1 Å². The lowest BCUT2D eigenvalue weighted by Gasteiger charge is -2.37. The SMILES string of the molecule is CCN(C(=O)CN1CCN(c2cccc(C)c2C)CC1)c1ccccc1. The van der Waals surface area contributed by atoms with Crippen molar-refractivity contribution in [2.24, 2.45) is 0 Å². The number of hydrogen-bond acceptors (Lipinski definition) is 3. The monoisotopic (exact) mass is 351 g/mol. The van der Waals surface area contributed by atoms with Crippen molar-refractivity contribution in [3.8, 4) is 0 Å². The maximum absolute atomic E-state index is 12.8. The van der Waals surface area contributed by atoms with Crippen molar-refractivity contribution in [3.63, 3.8) is 0 Å². The molecule has 1 amide bonds. The summed E-state index contributed by atoms with van der Waals surface area (Å²) in [4.78, 5) is 19.4. The first kappa shape index (κ1) is 18.5. The molecule has 0 spiro atoms. The molecule has 1 heterocycles. The highest BCUT2D eigenvalue weighted by atomic mass is 16.2. The van der Waals surface area contributed by atoms with E-state index in [1.54, 1.807) is 0 Å². The van der Waals surface area contributed by atoms with Crippen molar-refractivity contribution in [3.05, 3.63) is 59.7 Å². The number of nitrogens with zero attached hydrogens (tertiary/aromatic N) is 3. The number of hydrogen-bond donors (Lipinski definition) is 0. The van der Waals surface area contributed by atoms with Gasteiger partial charge in [0.15, 0.2) is 0 Å². The summed E-state index contributed by atoms with van der Waals surface area (Å²) in [5.74, 6) is 0.180. The van der Waals surface area contributed by atoms with E-state index in [1.165, 1.54) is 16.8 Å². The summed E-state index contributed by atoms with van der Waals surface area (Å²) >= 11 is 0. The fraction of sp³-hybridized carbons (Fsp3) is 0.409. The van der Waals surface area contributed by atoms with Gasteiger partial charge in [0.2, 0.25) is 5.91 Å². The fourth-order valence-electron chi connectivity index (χ4n) is 3.61. The minimum absolute atomic E-state index is 0.180. The number of carbonyl (C=O) groups is 1. The van der Waals surface area contributed by atoms with Gasteiger partial charge in [0.05, 0.1) is 6.54 Å². The Kier molecular flexibility index (Phi) is 5.94. The number of piperazine rings is 1. The highest BCUT2D eigenvalue weighted by Crippen LogP contribution is 2.24. The van der Waals surface area contributed by atoms with Gasteiger partial charge in [-0.1, -0.05) is 30.3 Å². The molecule has 0 aliphatic carbocycles. The molecule has 1 fully saturated rings. The third-order valence-corrected chi connectivity index (χ3v) is 5.33. The van der Waals surface area contributed by atoms with Crippen LogP contribution in [0.3, 0.4) is 0 Å². The minimum Gasteiger partial charge on any atom is -0.369 e. The lowest BCUT2D eigenvalue weighted by atomic mass is 10.1. The summed E-state index contributed by atoms with van der Waals surface area (Å²) in [6, 6.07) is 16.4. The van der Waals surface area contributed by atoms with Gasteiger partial charge in [0.1, 0.15) is 0 Å². The molecular weight excluding hydrogens is 322 g/mol. The fourth-order valence-corrected chi connectivity index (χ4v) is 3.61. The average molecular weight is 351 g/mol. The minimum atomic E-state index is 0.180. The van der Waals surface area contributed by atoms with Gasteiger partial charge in [-0.3, -0.25) is 9.69 Å². The van der Waals surface area contributed by atoms with E-state index in [4.69, 9.17) is 0 Å². The Labute approximate surface area is 157 Å². The van der Waals surface area contributed by atoms with E-state index in [0.29, 0.717) is 13.1 Å². The number of aryl methyl sites for hydroxylation is 1. The van der Waals surface area contributed by atoms with Gasteiger partial charge in [-0.25, -0.2) is 0 Å². The molecule has 0 radical (unpaired) electrons. The molecular formula is C22H29N3O. The molecule has 0 N–H and O–H groups in total. The van der Waals surface area contributed by atoms with Crippen LogP contribution in [0.4, 0.5) is 11.4 Å². The molecule has 4 nitrogen and oxygen atoms in total. The Morgan fingerprint density at radius 2 is 1.65 bits per heavy atom. The zero-order valence-electron chi connectivity index (χ0n) is 16.1. The summed E-state index contributed by atoms with van der Waals surface area (Å²) in [6.45, 7) is 11.4. The van der Waals surface area contributed by atoms with E-state index >= 15 is 0 Å². The first-order chi connectivity index (χ1) is 12.6. The molecule has 3 rings (SSSR count). The third-order valence-electron chi connectivity index (χ3n) is 5.33. The van der Waals surface area contributed by atoms with Crippen molar-refractivity contribution in [1.29, 1.82) is 0 Å². The molecule has 138 valence electrons. The van der Waals surface area contributed by atoms with E-state index in [1.807, 2.05) is 42.2 Å². The third kappa shape index (κ3) is 4.07. The Morgan fingerprint density at radius 1 is 0.962 bits per heavy atom. The molecule has 0 bridgehead atoms. The molecule has 1 aliphatic heterocycles. The molecule has 0 saturated carbocycles. The van der Waals surface area contributed by atoms with Gasteiger partial charge >= 0.3 is 0 Å². The largest absolute Gasteiger partial charge is 0.369 e. The lowest BCUT2D eigenvalue weighted by molar-refractivity contribution is -0.119. The Balaban J connectivity index is 1.58. The number of rotatable bonds is 5. The van der Waals surface area contributed by atoms with Crippen LogP contribution >= 0.6 is 0 Å². The Morgan fingerprint density at radius 3 is 2.31 bits per heavy atom. The summed E-state index contributed by atoms with van der Waals surface area (Å²) in [7, 11) is 0. The molecule has 26 heavy (non-hydrogen) atoms. The van der Waals surface area contributed by atoms with E-state index in [-0.39, 0.29) is 5.91 Å². The van der Waals surface area contributed by atoms with Crippen LogP contribution in [-0.4, -0.2) is 50.1 Å². The van der Waals surface area contributed by atoms with Crippen LogP contribution in [0.25, 0.3) is 0 Å². The predicted octanol–water partition coefficient (Wildman–Crippen LogP) is 3.48. The van der Waals surface area contributed by atoms with Crippen molar-refractivity contribution < 1.29 is 4.79 Å². The van der Waals surface area contributed by atoms with Crippen LogP contribution in [0.2, 0.25) is 0 Å². The highest BCUT2D eigenvalue weighted by Gasteiger charge is 2.22. The predicted molar refractivity (Wildman–Crippen MR) is 109 cm³/mol. The maximum atomic E-state index is 12.8. The van der Waals surface area contributed by atoms with Crippen LogP contribution in [0, 0.1) is 13.8 Å². The molecule has 2 aromatic carbocycles. The van der Waals surface area contributed by atoms with E-state index in [9.17, 15) is 4.79 Å². The van der Waals surface area contributed by atoms with Gasteiger partial charge in [-0.05, 0) is 50.1 Å². The van der Waals surface area contributed by atoms with Crippen LogP contribution in [0.1, 0.15) is 18.1 Å². The highest BCUT2D eigenvalue weighted by molar-refractivity contribution is 5.94. The Bertz CT molecular complexity index is 736. The van der Waals surface area contributed by atoms with Crippen molar-refractivity contribution in [1.82, 2.24) is 4.90 Å². The molecule has 1 aliphatic rings. The molecule has 2 aromatic rings. The zero-order chi connectivity index (χ0) is 18.5. The van der Waals surface area contributed by atoms with Crippen molar-refractivity contribution in [2.75, 3.05) is 49.1 Å². The smallest absolute Gasteiger partial charge is 0.241 e. The Hall–Kier alpha value is -2.33. The van der Waals surface area contributed by atoms with E-state index in [2.05, 4.69) is 41.8 Å². The molecule has 4 heteroatoms. The van der Waals surface area contributed by atoms with Crippen LogP contribution in [-0.2, 0) is 4.79 Å². The van der Waals surface area contributed by atoms with Crippen molar-refractivity contribution >= 4 is 17.3 Å². The first-order valence-corrected chi connectivity index (χ1v) is 9.49. The summed E-state index contributed by atoms with van der Waals surface area (Å²) in [5.41, 5.74) is 5.00. The number of likely N-dealkylation sites (N-methyl/N-ethyl adjacent to an activating group) is 1.